The predicted octanol–water partition coefficient (Wildman–Crippen LogP) is 5.07. The molecule has 1 saturated heterocycles. The number of furan rings is 1. The quantitative estimate of drug-likeness (QED) is 0.384. The first-order valence-corrected chi connectivity index (χ1v) is 13.3. The van der Waals surface area contributed by atoms with Crippen LogP contribution in [0.5, 0.6) is 5.75 Å². The third-order valence-electron chi connectivity index (χ3n) is 6.00. The molecule has 2 aromatic heterocycles. The molecule has 0 N–H and O–H groups in total. The summed E-state index contributed by atoms with van der Waals surface area (Å²) in [5.41, 5.74) is 2.97. The van der Waals surface area contributed by atoms with Gasteiger partial charge >= 0.3 is 0 Å². The molecular formula is C25H26N2O4S2. The molecule has 5 rings (SSSR count). The molecule has 6 nitrogen and oxygen atoms in total. The van der Waals surface area contributed by atoms with Crippen molar-refractivity contribution < 1.29 is 17.6 Å². The summed E-state index contributed by atoms with van der Waals surface area (Å²) < 4.78 is 39.4. The van der Waals surface area contributed by atoms with Crippen molar-refractivity contribution in [3.05, 3.63) is 71.8 Å². The molecule has 0 aliphatic carbocycles. The van der Waals surface area contributed by atoms with E-state index in [9.17, 15) is 8.42 Å². The van der Waals surface area contributed by atoms with Gasteiger partial charge in [-0.2, -0.15) is 4.31 Å². The number of nitrogens with zero attached hydrogens (tertiary/aromatic N) is 2. The summed E-state index contributed by atoms with van der Waals surface area (Å²) in [5.74, 6) is 1.73. The maximum atomic E-state index is 12.9. The van der Waals surface area contributed by atoms with Crippen LogP contribution in [0.15, 0.2) is 74.7 Å². The van der Waals surface area contributed by atoms with E-state index >= 15 is 0 Å². The molecule has 172 valence electrons. The summed E-state index contributed by atoms with van der Waals surface area (Å²) in [4.78, 5) is 2.27. The Kier molecular flexibility index (Phi) is 6.25. The van der Waals surface area contributed by atoms with Gasteiger partial charge in [-0.25, -0.2) is 8.42 Å². The number of sulfonamides is 1. The van der Waals surface area contributed by atoms with E-state index in [2.05, 4.69) is 17.0 Å². The van der Waals surface area contributed by atoms with Gasteiger partial charge in [0.1, 0.15) is 21.3 Å². The van der Waals surface area contributed by atoms with Crippen LogP contribution in [0.4, 0.5) is 0 Å². The van der Waals surface area contributed by atoms with Crippen LogP contribution < -0.4 is 4.74 Å². The monoisotopic (exact) mass is 482 g/mol. The van der Waals surface area contributed by atoms with Gasteiger partial charge in [0.2, 0.25) is 0 Å². The lowest BCUT2D eigenvalue weighted by Gasteiger charge is -2.20. The molecule has 1 aliphatic rings. The average molecular weight is 483 g/mol. The Morgan fingerprint density at radius 1 is 1.00 bits per heavy atom. The molecule has 4 aromatic rings. The molecule has 1 aliphatic heterocycles. The summed E-state index contributed by atoms with van der Waals surface area (Å²) in [6, 6.07) is 19.7. The zero-order valence-corrected chi connectivity index (χ0v) is 20.1. The van der Waals surface area contributed by atoms with Crippen LogP contribution >= 0.6 is 11.3 Å². The second-order valence-corrected chi connectivity index (χ2v) is 11.2. The smallest absolute Gasteiger partial charge is 0.252 e. The molecule has 0 amide bonds. The fraction of sp³-hybridized carbons (Fsp3) is 0.280. The van der Waals surface area contributed by atoms with E-state index in [1.807, 2.05) is 36.4 Å². The van der Waals surface area contributed by atoms with E-state index in [1.54, 1.807) is 28.9 Å². The zero-order valence-electron chi connectivity index (χ0n) is 18.4. The van der Waals surface area contributed by atoms with Gasteiger partial charge in [-0.3, -0.25) is 4.90 Å². The number of hydrogen-bond acceptors (Lipinski definition) is 6. The molecule has 0 atom stereocenters. The van der Waals surface area contributed by atoms with Crippen molar-refractivity contribution in [3.63, 3.8) is 0 Å². The Bertz CT molecular complexity index is 1350. The molecule has 0 spiro atoms. The second-order valence-electron chi connectivity index (χ2n) is 8.13. The number of benzene rings is 2. The molecular weight excluding hydrogens is 456 g/mol. The Morgan fingerprint density at radius 3 is 2.70 bits per heavy atom. The van der Waals surface area contributed by atoms with Gasteiger partial charge in [-0.05, 0) is 54.2 Å². The van der Waals surface area contributed by atoms with Crippen molar-refractivity contribution >= 4 is 32.3 Å². The SMILES string of the molecule is COc1ccccc1-c1ccc2oc(CN3CCCN(S(=O)(=O)c4cccs4)CC3)cc2c1. The first-order chi connectivity index (χ1) is 16.0. The summed E-state index contributed by atoms with van der Waals surface area (Å²) in [6.45, 7) is 3.19. The highest BCUT2D eigenvalue weighted by molar-refractivity contribution is 7.91. The molecule has 33 heavy (non-hydrogen) atoms. The van der Waals surface area contributed by atoms with Crippen LogP contribution in [0.3, 0.4) is 0 Å². The van der Waals surface area contributed by atoms with Gasteiger partial charge in [-0.1, -0.05) is 30.3 Å². The number of ether oxygens (including phenoxy) is 1. The lowest BCUT2D eigenvalue weighted by atomic mass is 10.0. The maximum Gasteiger partial charge on any atom is 0.252 e. The van der Waals surface area contributed by atoms with Gasteiger partial charge < -0.3 is 9.15 Å². The molecule has 8 heteroatoms. The molecule has 0 bridgehead atoms. The number of para-hydroxylation sites is 1. The van der Waals surface area contributed by atoms with Crippen molar-refractivity contribution in [2.75, 3.05) is 33.3 Å². The number of thiophene rings is 1. The standard InChI is InChI=1S/C25H26N2O4S2/c1-30-24-7-3-2-6-22(24)19-9-10-23-20(16-19)17-21(31-23)18-26-11-5-12-27(14-13-26)33(28,29)25-8-4-15-32-25/h2-4,6-10,15-17H,5,11-14,18H2,1H3. The summed E-state index contributed by atoms with van der Waals surface area (Å²) >= 11 is 1.27. The first-order valence-electron chi connectivity index (χ1n) is 11.0. The van der Waals surface area contributed by atoms with Crippen LogP contribution in [0.1, 0.15) is 12.2 Å². The Hall–Kier alpha value is -2.65. The van der Waals surface area contributed by atoms with Crippen LogP contribution in [0.2, 0.25) is 0 Å². The van der Waals surface area contributed by atoms with Crippen LogP contribution in [-0.4, -0.2) is 50.9 Å². The van der Waals surface area contributed by atoms with Crippen LogP contribution in [0.25, 0.3) is 22.1 Å². The lowest BCUT2D eigenvalue weighted by Crippen LogP contribution is -2.34. The lowest BCUT2D eigenvalue weighted by molar-refractivity contribution is 0.258. The molecule has 3 heterocycles. The van der Waals surface area contributed by atoms with Crippen molar-refractivity contribution in [2.45, 2.75) is 17.2 Å². The summed E-state index contributed by atoms with van der Waals surface area (Å²) in [7, 11) is -1.72. The van der Waals surface area contributed by atoms with E-state index in [4.69, 9.17) is 9.15 Å². The predicted molar refractivity (Wildman–Crippen MR) is 131 cm³/mol. The number of methoxy groups -OCH3 is 1. The van der Waals surface area contributed by atoms with Crippen molar-refractivity contribution in [3.8, 4) is 16.9 Å². The zero-order chi connectivity index (χ0) is 22.8. The van der Waals surface area contributed by atoms with E-state index in [1.165, 1.54) is 11.3 Å². The molecule has 1 fully saturated rings. The maximum absolute atomic E-state index is 12.9. The fourth-order valence-electron chi connectivity index (χ4n) is 4.33. The minimum atomic E-state index is -3.40. The Morgan fingerprint density at radius 2 is 1.88 bits per heavy atom. The minimum absolute atomic E-state index is 0.416. The third-order valence-corrected chi connectivity index (χ3v) is 9.27. The van der Waals surface area contributed by atoms with Gasteiger partial charge in [0, 0.05) is 30.6 Å². The van der Waals surface area contributed by atoms with Crippen molar-refractivity contribution in [2.24, 2.45) is 0 Å². The topological polar surface area (TPSA) is 63.0 Å². The number of rotatable bonds is 6. The largest absolute Gasteiger partial charge is 0.496 e. The summed E-state index contributed by atoms with van der Waals surface area (Å²) in [5, 5.41) is 2.85. The van der Waals surface area contributed by atoms with Gasteiger partial charge in [0.15, 0.2) is 0 Å². The van der Waals surface area contributed by atoms with Crippen molar-refractivity contribution in [1.82, 2.24) is 9.21 Å². The Labute approximate surface area is 198 Å². The minimum Gasteiger partial charge on any atom is -0.496 e. The van der Waals surface area contributed by atoms with E-state index in [0.717, 1.165) is 46.6 Å². The average Bonchev–Trinajstić information content (AvgIpc) is 3.45. The van der Waals surface area contributed by atoms with E-state index in [-0.39, 0.29) is 0 Å². The normalized spacial score (nSPS) is 16.2. The Balaban J connectivity index is 1.30. The van der Waals surface area contributed by atoms with Crippen LogP contribution in [0, 0.1) is 0 Å². The highest BCUT2D eigenvalue weighted by Gasteiger charge is 2.27. The van der Waals surface area contributed by atoms with Gasteiger partial charge in [0.05, 0.1) is 13.7 Å². The van der Waals surface area contributed by atoms with E-state index < -0.39 is 10.0 Å². The third kappa shape index (κ3) is 4.56. The summed E-state index contributed by atoms with van der Waals surface area (Å²) in [6.07, 6.45) is 0.794. The number of hydrogen-bond donors (Lipinski definition) is 0. The fourth-order valence-corrected chi connectivity index (χ4v) is 6.94. The molecule has 0 saturated carbocycles. The van der Waals surface area contributed by atoms with Crippen molar-refractivity contribution in [1.29, 1.82) is 0 Å². The van der Waals surface area contributed by atoms with Crippen LogP contribution in [-0.2, 0) is 16.6 Å². The highest BCUT2D eigenvalue weighted by Crippen LogP contribution is 2.33. The van der Waals surface area contributed by atoms with Gasteiger partial charge in [0.25, 0.3) is 10.0 Å². The number of fused-ring (bicyclic) bond motifs is 1. The molecule has 0 unspecified atom stereocenters. The highest BCUT2D eigenvalue weighted by atomic mass is 32.2. The first kappa shape index (κ1) is 22.2. The van der Waals surface area contributed by atoms with Gasteiger partial charge in [-0.15, -0.1) is 11.3 Å². The molecule has 2 aromatic carbocycles. The molecule has 0 radical (unpaired) electrons. The second kappa shape index (κ2) is 9.30. The van der Waals surface area contributed by atoms with E-state index in [0.29, 0.717) is 30.4 Å².